The molecule has 6 heteroatoms. The highest BCUT2D eigenvalue weighted by molar-refractivity contribution is 6.74. The molecule has 0 spiro atoms. The molecule has 0 aromatic heterocycles. The van der Waals surface area contributed by atoms with Crippen LogP contribution in [0.25, 0.3) is 0 Å². The molecule has 4 atom stereocenters. The van der Waals surface area contributed by atoms with Crippen molar-refractivity contribution < 1.29 is 24.5 Å². The van der Waals surface area contributed by atoms with E-state index in [-0.39, 0.29) is 11.6 Å². The van der Waals surface area contributed by atoms with Crippen molar-refractivity contribution in [3.05, 3.63) is 0 Å². The lowest BCUT2D eigenvalue weighted by atomic mass is 10.1. The molecule has 1 aliphatic heterocycles. The summed E-state index contributed by atoms with van der Waals surface area (Å²) in [6, 6.07) is 0. The summed E-state index contributed by atoms with van der Waals surface area (Å²) in [5.41, 5.74) is 0. The van der Waals surface area contributed by atoms with Crippen molar-refractivity contribution >= 4 is 8.32 Å². The third kappa shape index (κ3) is 3.27. The first-order valence-electron chi connectivity index (χ1n) is 5.90. The molecule has 0 bridgehead atoms. The molecule has 0 saturated carbocycles. The van der Waals surface area contributed by atoms with Gasteiger partial charge in [-0.3, -0.25) is 0 Å². The second-order valence-electron chi connectivity index (χ2n) is 6.12. The molecule has 0 radical (unpaired) electrons. The molecular weight excluding hydrogens is 240 g/mol. The molecule has 3 N–H and O–H groups in total. The van der Waals surface area contributed by atoms with Crippen LogP contribution in [0.5, 0.6) is 0 Å². The summed E-state index contributed by atoms with van der Waals surface area (Å²) >= 11 is 0. The molecule has 0 aliphatic carbocycles. The number of aliphatic hydroxyl groups is 3. The molecule has 1 rings (SSSR count). The highest BCUT2D eigenvalue weighted by Crippen LogP contribution is 2.38. The lowest BCUT2D eigenvalue weighted by molar-refractivity contribution is -0.247. The summed E-state index contributed by atoms with van der Waals surface area (Å²) < 4.78 is 10.9. The molecule has 1 aliphatic rings. The third-order valence-corrected chi connectivity index (χ3v) is 8.16. The summed E-state index contributed by atoms with van der Waals surface area (Å²) in [5.74, 6) is 0. The lowest BCUT2D eigenvalue weighted by Gasteiger charge is -2.44. The van der Waals surface area contributed by atoms with Gasteiger partial charge in [-0.1, -0.05) is 20.8 Å². The highest BCUT2D eigenvalue weighted by Gasteiger charge is 2.46. The van der Waals surface area contributed by atoms with Gasteiger partial charge in [-0.2, -0.15) is 0 Å². The van der Waals surface area contributed by atoms with Crippen LogP contribution in [0.2, 0.25) is 18.1 Å². The SMILES string of the molecule is CC(C)(C)[Si](C)(C)O[C@@H]1[C@@H](O)[C@@H](O)CO[C@@H]1O. The molecular formula is C11H24O5Si. The Morgan fingerprint density at radius 1 is 1.18 bits per heavy atom. The molecule has 17 heavy (non-hydrogen) atoms. The Kier molecular flexibility index (Phi) is 4.39. The van der Waals surface area contributed by atoms with E-state index in [1.807, 2.05) is 13.1 Å². The molecule has 0 aromatic carbocycles. The van der Waals surface area contributed by atoms with Crippen molar-refractivity contribution in [2.24, 2.45) is 0 Å². The average Bonchev–Trinajstić information content (AvgIpc) is 2.17. The van der Waals surface area contributed by atoms with E-state index in [1.54, 1.807) is 0 Å². The van der Waals surface area contributed by atoms with Gasteiger partial charge < -0.3 is 24.5 Å². The summed E-state index contributed by atoms with van der Waals surface area (Å²) in [7, 11) is -2.12. The standard InChI is InChI=1S/C11H24O5Si/c1-11(2,3)17(4,5)16-9-8(13)7(12)6-15-10(9)14/h7-10,12-14H,6H2,1-5H3/t7-,8-,9+,10-/m0/s1. The van der Waals surface area contributed by atoms with Crippen LogP contribution in [0.15, 0.2) is 0 Å². The van der Waals surface area contributed by atoms with Crippen LogP contribution in [0.1, 0.15) is 20.8 Å². The van der Waals surface area contributed by atoms with Gasteiger partial charge in [-0.25, -0.2) is 0 Å². The fraction of sp³-hybridized carbons (Fsp3) is 1.00. The zero-order valence-corrected chi connectivity index (χ0v) is 12.2. The topological polar surface area (TPSA) is 79.2 Å². The minimum absolute atomic E-state index is 0.0329. The number of hydrogen-bond acceptors (Lipinski definition) is 5. The third-order valence-electron chi connectivity index (χ3n) is 3.69. The summed E-state index contributed by atoms with van der Waals surface area (Å²) in [6.45, 7) is 10.2. The van der Waals surface area contributed by atoms with Crippen molar-refractivity contribution in [2.75, 3.05) is 6.61 Å². The Morgan fingerprint density at radius 3 is 2.18 bits per heavy atom. The van der Waals surface area contributed by atoms with Gasteiger partial charge in [0.2, 0.25) is 0 Å². The zero-order valence-electron chi connectivity index (χ0n) is 11.2. The number of hydrogen-bond donors (Lipinski definition) is 3. The second kappa shape index (κ2) is 4.95. The Hall–Kier alpha value is 0.0169. The smallest absolute Gasteiger partial charge is 0.192 e. The van der Waals surface area contributed by atoms with Crippen LogP contribution in [0.4, 0.5) is 0 Å². The van der Waals surface area contributed by atoms with Crippen LogP contribution in [-0.2, 0) is 9.16 Å². The second-order valence-corrected chi connectivity index (χ2v) is 10.9. The maximum atomic E-state index is 9.84. The average molecular weight is 264 g/mol. The van der Waals surface area contributed by atoms with E-state index in [9.17, 15) is 15.3 Å². The van der Waals surface area contributed by atoms with Gasteiger partial charge in [0.25, 0.3) is 0 Å². The van der Waals surface area contributed by atoms with Crippen molar-refractivity contribution in [1.29, 1.82) is 0 Å². The molecule has 0 amide bonds. The van der Waals surface area contributed by atoms with Crippen LogP contribution < -0.4 is 0 Å². The first-order chi connectivity index (χ1) is 7.56. The predicted octanol–water partition coefficient (Wildman–Crippen LogP) is 0.447. The van der Waals surface area contributed by atoms with Gasteiger partial charge in [-0.05, 0) is 18.1 Å². The van der Waals surface area contributed by atoms with E-state index in [4.69, 9.17) is 9.16 Å². The fourth-order valence-electron chi connectivity index (χ4n) is 1.42. The van der Waals surface area contributed by atoms with E-state index in [0.29, 0.717) is 0 Å². The first kappa shape index (κ1) is 15.1. The minimum atomic E-state index is -2.12. The largest absolute Gasteiger partial charge is 0.406 e. The summed E-state index contributed by atoms with van der Waals surface area (Å²) in [5, 5.41) is 29.0. The maximum absolute atomic E-state index is 9.84. The molecule has 0 aromatic rings. The van der Waals surface area contributed by atoms with E-state index in [2.05, 4.69) is 20.8 Å². The highest BCUT2D eigenvalue weighted by atomic mass is 28.4. The summed E-state index contributed by atoms with van der Waals surface area (Å²) in [4.78, 5) is 0. The Bertz CT molecular complexity index is 263. The van der Waals surface area contributed by atoms with E-state index >= 15 is 0 Å². The van der Waals surface area contributed by atoms with Crippen LogP contribution in [0, 0.1) is 0 Å². The van der Waals surface area contributed by atoms with E-state index in [1.165, 1.54) is 0 Å². The zero-order chi connectivity index (χ0) is 13.4. The van der Waals surface area contributed by atoms with Crippen LogP contribution in [0.3, 0.4) is 0 Å². The summed E-state index contributed by atoms with van der Waals surface area (Å²) in [6.07, 6.45) is -4.16. The molecule has 1 saturated heterocycles. The van der Waals surface area contributed by atoms with Gasteiger partial charge in [0.05, 0.1) is 6.61 Å². The normalized spacial score (nSPS) is 36.0. The predicted molar refractivity (Wildman–Crippen MR) is 66.0 cm³/mol. The number of rotatable bonds is 2. The van der Waals surface area contributed by atoms with Crippen LogP contribution >= 0.6 is 0 Å². The monoisotopic (exact) mass is 264 g/mol. The van der Waals surface area contributed by atoms with Gasteiger partial charge in [-0.15, -0.1) is 0 Å². The van der Waals surface area contributed by atoms with E-state index in [0.717, 1.165) is 0 Å². The molecule has 0 unspecified atom stereocenters. The van der Waals surface area contributed by atoms with Crippen molar-refractivity contribution in [1.82, 2.24) is 0 Å². The molecule has 1 fully saturated rings. The van der Waals surface area contributed by atoms with E-state index < -0.39 is 32.9 Å². The maximum Gasteiger partial charge on any atom is 0.192 e. The first-order valence-corrected chi connectivity index (χ1v) is 8.81. The number of aliphatic hydroxyl groups excluding tert-OH is 3. The molecule has 102 valence electrons. The van der Waals surface area contributed by atoms with Gasteiger partial charge in [0, 0.05) is 0 Å². The van der Waals surface area contributed by atoms with Crippen molar-refractivity contribution in [3.8, 4) is 0 Å². The molecule has 5 nitrogen and oxygen atoms in total. The van der Waals surface area contributed by atoms with Gasteiger partial charge in [0.15, 0.2) is 14.6 Å². The number of ether oxygens (including phenoxy) is 1. The van der Waals surface area contributed by atoms with Gasteiger partial charge in [0.1, 0.15) is 18.3 Å². The Morgan fingerprint density at radius 2 is 1.71 bits per heavy atom. The Labute approximate surface area is 103 Å². The molecule has 1 heterocycles. The Balaban J connectivity index is 2.78. The van der Waals surface area contributed by atoms with Crippen molar-refractivity contribution in [3.63, 3.8) is 0 Å². The fourth-order valence-corrected chi connectivity index (χ4v) is 2.71. The van der Waals surface area contributed by atoms with Gasteiger partial charge >= 0.3 is 0 Å². The van der Waals surface area contributed by atoms with Crippen LogP contribution in [-0.4, -0.2) is 54.8 Å². The quantitative estimate of drug-likeness (QED) is 0.631. The minimum Gasteiger partial charge on any atom is -0.406 e. The van der Waals surface area contributed by atoms with Crippen molar-refractivity contribution in [2.45, 2.75) is 63.5 Å². The lowest BCUT2D eigenvalue weighted by Crippen LogP contribution is -2.58.